The lowest BCUT2D eigenvalue weighted by atomic mass is 9.96. The minimum atomic E-state index is 0.217. The average molecular weight is 405 g/mol. The fourth-order valence-corrected chi connectivity index (χ4v) is 3.79. The molecule has 0 amide bonds. The zero-order chi connectivity index (χ0) is 20.8. The van der Waals surface area contributed by atoms with Crippen LogP contribution in [0, 0.1) is 0 Å². The van der Waals surface area contributed by atoms with E-state index in [1.807, 2.05) is 59.5 Å². The maximum Gasteiger partial charge on any atom is 0.236 e. The van der Waals surface area contributed by atoms with Gasteiger partial charge in [-0.05, 0) is 42.7 Å². The lowest BCUT2D eigenvalue weighted by molar-refractivity contribution is 0.414. The Bertz CT molecular complexity index is 942. The van der Waals surface area contributed by atoms with Gasteiger partial charge in [-0.3, -0.25) is 0 Å². The van der Waals surface area contributed by atoms with Gasteiger partial charge in [0.05, 0.1) is 13.7 Å². The molecule has 3 aromatic rings. The first-order chi connectivity index (χ1) is 14.7. The molecule has 4 rings (SSSR count). The van der Waals surface area contributed by atoms with Crippen molar-refractivity contribution in [3.8, 4) is 5.75 Å². The summed E-state index contributed by atoms with van der Waals surface area (Å²) in [6.07, 6.45) is 6.04. The van der Waals surface area contributed by atoms with E-state index in [9.17, 15) is 0 Å². The summed E-state index contributed by atoms with van der Waals surface area (Å²) in [5.74, 6) is 2.12. The number of aromatic nitrogens is 3. The van der Waals surface area contributed by atoms with Crippen LogP contribution in [0.2, 0.25) is 0 Å². The highest BCUT2D eigenvalue weighted by Crippen LogP contribution is 2.27. The van der Waals surface area contributed by atoms with Gasteiger partial charge in [0.2, 0.25) is 17.8 Å². The number of nitrogens with one attached hydrogen (secondary N) is 1. The van der Waals surface area contributed by atoms with Gasteiger partial charge in [0, 0.05) is 11.7 Å². The molecule has 3 N–H and O–H groups in total. The summed E-state index contributed by atoms with van der Waals surface area (Å²) >= 11 is 0. The molecule has 1 saturated carbocycles. The predicted molar refractivity (Wildman–Crippen MR) is 120 cm³/mol. The van der Waals surface area contributed by atoms with E-state index in [0.29, 0.717) is 24.5 Å². The van der Waals surface area contributed by atoms with Gasteiger partial charge in [0.15, 0.2) is 0 Å². The Kier molecular flexibility index (Phi) is 6.27. The van der Waals surface area contributed by atoms with E-state index in [1.54, 1.807) is 7.11 Å². The van der Waals surface area contributed by atoms with E-state index >= 15 is 0 Å². The molecule has 30 heavy (non-hydrogen) atoms. The fourth-order valence-electron chi connectivity index (χ4n) is 3.79. The van der Waals surface area contributed by atoms with Crippen molar-refractivity contribution in [1.29, 1.82) is 0 Å². The normalized spacial score (nSPS) is 14.3. The molecule has 1 heterocycles. The molecular formula is C23H28N6O. The van der Waals surface area contributed by atoms with Crippen molar-refractivity contribution >= 4 is 23.5 Å². The molecular weight excluding hydrogens is 376 g/mol. The van der Waals surface area contributed by atoms with E-state index in [0.717, 1.165) is 29.8 Å². The number of nitrogen functional groups attached to an aromatic ring is 1. The number of benzene rings is 2. The number of methoxy groups -OCH3 is 1. The van der Waals surface area contributed by atoms with Crippen molar-refractivity contribution in [3.05, 3.63) is 60.2 Å². The van der Waals surface area contributed by atoms with E-state index < -0.39 is 0 Å². The molecule has 0 atom stereocenters. The van der Waals surface area contributed by atoms with E-state index in [-0.39, 0.29) is 5.95 Å². The molecule has 0 aliphatic heterocycles. The zero-order valence-electron chi connectivity index (χ0n) is 17.3. The van der Waals surface area contributed by atoms with Gasteiger partial charge >= 0.3 is 0 Å². The van der Waals surface area contributed by atoms with Crippen LogP contribution in [0.15, 0.2) is 54.6 Å². The quantitative estimate of drug-likeness (QED) is 0.597. The van der Waals surface area contributed by atoms with Gasteiger partial charge in [-0.25, -0.2) is 0 Å². The molecule has 7 heteroatoms. The van der Waals surface area contributed by atoms with E-state index in [2.05, 4.69) is 15.3 Å². The topological polar surface area (TPSA) is 89.2 Å². The molecule has 1 aliphatic carbocycles. The van der Waals surface area contributed by atoms with Crippen molar-refractivity contribution in [2.24, 2.45) is 0 Å². The van der Waals surface area contributed by atoms with Crippen molar-refractivity contribution in [2.45, 2.75) is 44.7 Å². The number of para-hydroxylation sites is 1. The first-order valence-corrected chi connectivity index (χ1v) is 10.4. The van der Waals surface area contributed by atoms with Crippen LogP contribution < -0.4 is 20.7 Å². The van der Waals surface area contributed by atoms with Gasteiger partial charge in [-0.1, -0.05) is 49.6 Å². The van der Waals surface area contributed by atoms with Gasteiger partial charge in [-0.15, -0.1) is 0 Å². The Balaban J connectivity index is 1.64. The minimum Gasteiger partial charge on any atom is -0.497 e. The Hall–Kier alpha value is -3.35. The number of nitrogens with zero attached hydrogens (tertiary/aromatic N) is 4. The molecule has 2 aromatic carbocycles. The smallest absolute Gasteiger partial charge is 0.236 e. The lowest BCUT2D eigenvalue weighted by Gasteiger charge is -2.25. The number of anilines is 4. The van der Waals surface area contributed by atoms with Crippen LogP contribution in [0.3, 0.4) is 0 Å². The van der Waals surface area contributed by atoms with Gasteiger partial charge in [0.25, 0.3) is 0 Å². The summed E-state index contributed by atoms with van der Waals surface area (Å²) in [4.78, 5) is 15.6. The van der Waals surface area contributed by atoms with Crippen LogP contribution >= 0.6 is 0 Å². The molecule has 0 unspecified atom stereocenters. The Morgan fingerprint density at radius 3 is 2.40 bits per heavy atom. The molecule has 0 bridgehead atoms. The van der Waals surface area contributed by atoms with Gasteiger partial charge in [0.1, 0.15) is 5.75 Å². The van der Waals surface area contributed by atoms with Crippen molar-refractivity contribution in [3.63, 3.8) is 0 Å². The van der Waals surface area contributed by atoms with Gasteiger partial charge < -0.3 is 20.7 Å². The second-order valence-electron chi connectivity index (χ2n) is 7.57. The molecule has 0 spiro atoms. The highest BCUT2D eigenvalue weighted by atomic mass is 16.5. The van der Waals surface area contributed by atoms with Crippen molar-refractivity contribution in [2.75, 3.05) is 23.1 Å². The van der Waals surface area contributed by atoms with Crippen molar-refractivity contribution in [1.82, 2.24) is 15.0 Å². The van der Waals surface area contributed by atoms with E-state index in [4.69, 9.17) is 15.5 Å². The Morgan fingerprint density at radius 1 is 0.967 bits per heavy atom. The number of nitrogens with two attached hydrogens (primary N) is 1. The van der Waals surface area contributed by atoms with Crippen LogP contribution in [0.25, 0.3) is 0 Å². The molecule has 1 fully saturated rings. The van der Waals surface area contributed by atoms with Crippen LogP contribution in [0.5, 0.6) is 5.75 Å². The second-order valence-corrected chi connectivity index (χ2v) is 7.57. The molecule has 1 aliphatic rings. The largest absolute Gasteiger partial charge is 0.497 e. The highest BCUT2D eigenvalue weighted by molar-refractivity contribution is 5.59. The summed E-state index contributed by atoms with van der Waals surface area (Å²) in [6.45, 7) is 0.598. The second kappa shape index (κ2) is 9.43. The van der Waals surface area contributed by atoms with Crippen LogP contribution in [0.4, 0.5) is 23.5 Å². The Morgan fingerprint density at radius 2 is 1.70 bits per heavy atom. The minimum absolute atomic E-state index is 0.217. The number of hydrogen-bond donors (Lipinski definition) is 2. The summed E-state index contributed by atoms with van der Waals surface area (Å²) in [6, 6.07) is 18.5. The molecule has 1 aromatic heterocycles. The summed E-state index contributed by atoms with van der Waals surface area (Å²) in [5.41, 5.74) is 8.17. The fraction of sp³-hybridized carbons (Fsp3) is 0.348. The summed E-state index contributed by atoms with van der Waals surface area (Å²) < 4.78 is 5.28. The summed E-state index contributed by atoms with van der Waals surface area (Å²) in [5, 5.41) is 3.46. The van der Waals surface area contributed by atoms with Gasteiger partial charge in [-0.2, -0.15) is 15.0 Å². The lowest BCUT2D eigenvalue weighted by Crippen LogP contribution is -2.25. The Labute approximate surface area is 177 Å². The van der Waals surface area contributed by atoms with E-state index in [1.165, 1.54) is 19.3 Å². The molecule has 0 radical (unpaired) electrons. The third-order valence-electron chi connectivity index (χ3n) is 5.39. The zero-order valence-corrected chi connectivity index (χ0v) is 17.3. The highest BCUT2D eigenvalue weighted by Gasteiger charge is 2.18. The standard InChI is InChI=1S/C23H28N6O/c1-30-20-14-12-17(13-15-20)16-29(19-10-6-3-7-11-19)23-27-21(24)26-22(28-23)25-18-8-4-2-5-9-18/h3,6-7,10-15,18H,2,4-5,8-9,16H2,1H3,(H3,24,25,26,27,28). The molecule has 7 nitrogen and oxygen atoms in total. The molecule has 0 saturated heterocycles. The van der Waals surface area contributed by atoms with Crippen LogP contribution in [0.1, 0.15) is 37.7 Å². The van der Waals surface area contributed by atoms with Crippen molar-refractivity contribution < 1.29 is 4.74 Å². The van der Waals surface area contributed by atoms with Crippen LogP contribution in [-0.2, 0) is 6.54 Å². The monoisotopic (exact) mass is 404 g/mol. The number of rotatable bonds is 7. The first kappa shape index (κ1) is 19.9. The number of hydrogen-bond acceptors (Lipinski definition) is 7. The number of ether oxygens (including phenoxy) is 1. The SMILES string of the molecule is COc1ccc(CN(c2ccccc2)c2nc(N)nc(NC3CCCCC3)n2)cc1. The first-order valence-electron chi connectivity index (χ1n) is 10.4. The molecule has 156 valence electrons. The predicted octanol–water partition coefficient (Wildman–Crippen LogP) is 4.55. The van der Waals surface area contributed by atoms with Crippen LogP contribution in [-0.4, -0.2) is 28.1 Å². The third-order valence-corrected chi connectivity index (χ3v) is 5.39. The maximum absolute atomic E-state index is 6.07. The average Bonchev–Trinajstić information content (AvgIpc) is 2.79. The maximum atomic E-state index is 6.07. The summed E-state index contributed by atoms with van der Waals surface area (Å²) in [7, 11) is 1.67. The third kappa shape index (κ3) is 4.97.